The van der Waals surface area contributed by atoms with E-state index in [-0.39, 0.29) is 0 Å². The number of rotatable bonds is 4. The number of hydrogen-bond acceptors (Lipinski definition) is 5. The van der Waals surface area contributed by atoms with E-state index in [2.05, 4.69) is 223 Å². The van der Waals surface area contributed by atoms with Gasteiger partial charge < -0.3 is 0 Å². The molecule has 0 N–H and O–H groups in total. The molecule has 0 amide bonds. The van der Waals surface area contributed by atoms with Gasteiger partial charge in [-0.3, -0.25) is 0 Å². The molecule has 2 aromatic heterocycles. The fraction of sp³-hybridized carbons (Fsp3) is 0.0159. The van der Waals surface area contributed by atoms with E-state index < -0.39 is 21.8 Å². The third-order valence-corrected chi connectivity index (χ3v) is 25.0. The van der Waals surface area contributed by atoms with Gasteiger partial charge in [-0.15, -0.1) is 0 Å². The second-order valence-corrected chi connectivity index (χ2v) is 26.5. The zero-order valence-electron chi connectivity index (χ0n) is 37.2. The van der Waals surface area contributed by atoms with Gasteiger partial charge in [0, 0.05) is 0 Å². The summed E-state index contributed by atoms with van der Waals surface area (Å²) < 4.78 is 24.7. The van der Waals surface area contributed by atoms with Crippen LogP contribution in [0, 0.1) is 6.92 Å². The molecule has 5 nitrogen and oxygen atoms in total. The standard InChI is InChI=1S/C63H37N2O3.Bi/c1-39-24-50-36-51(25-39)65(49-18-6-3-7-19-49)53-27-47(45-21-23-61-57(33-45)59-31-41-13-9-11-15-43(41)35-63(59)68-61)29-55(38-53)66-54-28-46(26-52(37-54)64(50)48-16-4-2-5-17-48)44-20-22-60-56(32-44)58-30-40-12-8-10-14-42(40)34-62(58)67-60;/h2-35H,1H3;. The van der Waals surface area contributed by atoms with Crippen LogP contribution in [0.5, 0.6) is 11.5 Å². The molecular weight excluding hydrogens is 1040 g/mol. The van der Waals surface area contributed by atoms with Crippen molar-refractivity contribution < 1.29 is 13.6 Å². The van der Waals surface area contributed by atoms with Crippen LogP contribution < -0.4 is 24.4 Å². The molecule has 69 heavy (non-hydrogen) atoms. The van der Waals surface area contributed by atoms with Gasteiger partial charge in [0.15, 0.2) is 0 Å². The summed E-state index contributed by atoms with van der Waals surface area (Å²) in [5.41, 5.74) is 16.4. The van der Waals surface area contributed by atoms with Crippen LogP contribution in [0.25, 0.3) is 87.7 Å². The van der Waals surface area contributed by atoms with Gasteiger partial charge in [-0.2, -0.15) is 0 Å². The van der Waals surface area contributed by atoms with Gasteiger partial charge in [-0.05, 0) is 0 Å². The van der Waals surface area contributed by atoms with Gasteiger partial charge in [0.05, 0.1) is 0 Å². The molecule has 0 radical (unpaired) electrons. The Kier molecular flexibility index (Phi) is 7.65. The zero-order chi connectivity index (χ0) is 45.1. The van der Waals surface area contributed by atoms with Crippen molar-refractivity contribution in [1.29, 1.82) is 0 Å². The Morgan fingerprint density at radius 3 is 1.20 bits per heavy atom. The monoisotopic (exact) mass is 1080 g/mol. The van der Waals surface area contributed by atoms with Crippen molar-refractivity contribution in [2.75, 3.05) is 9.80 Å². The number of fused-ring (bicyclic) bond motifs is 8. The van der Waals surface area contributed by atoms with Crippen LogP contribution >= 0.6 is 0 Å². The average Bonchev–Trinajstić information content (AvgIpc) is 3.93. The number of ether oxygens (including phenoxy) is 1. The summed E-state index contributed by atoms with van der Waals surface area (Å²) in [5, 5.41) is 9.19. The van der Waals surface area contributed by atoms with Gasteiger partial charge in [0.2, 0.25) is 0 Å². The number of anilines is 6. The zero-order valence-corrected chi connectivity index (χ0v) is 40.7. The van der Waals surface area contributed by atoms with Crippen LogP contribution in [-0.2, 0) is 0 Å². The molecule has 322 valence electrons. The SMILES string of the molecule is Cc1cc2[c]3c(c1)N(c1ccccc1)c1cc(-c4ccc5oc6cc7ccccc7cc6c5c4)cc4[c]1[Bi]3[c]1c(cc(-c3ccc5oc6cc7ccccc7cc6c5c3)cc1N2c1ccccc1)O4. The number of para-hydroxylation sites is 2. The quantitative estimate of drug-likeness (QED) is 0.164. The van der Waals surface area contributed by atoms with Gasteiger partial charge in [0.25, 0.3) is 0 Å². The summed E-state index contributed by atoms with van der Waals surface area (Å²) in [6.45, 7) is 2.25. The molecule has 3 aliphatic rings. The first-order valence-electron chi connectivity index (χ1n) is 23.5. The number of hydrogen-bond donors (Lipinski definition) is 0. The molecule has 16 rings (SSSR count). The van der Waals surface area contributed by atoms with Crippen molar-refractivity contribution in [3.63, 3.8) is 0 Å². The van der Waals surface area contributed by atoms with Crippen molar-refractivity contribution in [2.45, 2.75) is 6.92 Å². The van der Waals surface area contributed by atoms with Gasteiger partial charge in [0.1, 0.15) is 0 Å². The number of furan rings is 2. The van der Waals surface area contributed by atoms with Crippen LogP contribution in [0.1, 0.15) is 5.56 Å². The maximum atomic E-state index is 7.51. The molecule has 0 saturated carbocycles. The Balaban J connectivity index is 0.953. The fourth-order valence-corrected chi connectivity index (χ4v) is 22.8. The Morgan fingerprint density at radius 2 is 0.739 bits per heavy atom. The van der Waals surface area contributed by atoms with Crippen molar-refractivity contribution in [3.05, 3.63) is 212 Å². The molecule has 6 heteroatoms. The number of benzene rings is 11. The molecule has 0 aliphatic carbocycles. The van der Waals surface area contributed by atoms with Crippen molar-refractivity contribution in [3.8, 4) is 33.8 Å². The normalized spacial score (nSPS) is 13.6. The topological polar surface area (TPSA) is 42.0 Å². The summed E-state index contributed by atoms with van der Waals surface area (Å²) in [7, 11) is 0. The predicted molar refractivity (Wildman–Crippen MR) is 286 cm³/mol. The van der Waals surface area contributed by atoms with Gasteiger partial charge >= 0.3 is 395 Å². The van der Waals surface area contributed by atoms with E-state index in [0.717, 1.165) is 89.0 Å². The van der Waals surface area contributed by atoms with E-state index in [1.165, 1.54) is 59.7 Å². The van der Waals surface area contributed by atoms with Crippen LogP contribution in [0.2, 0.25) is 0 Å². The predicted octanol–water partition coefficient (Wildman–Crippen LogP) is 15.6. The van der Waals surface area contributed by atoms with Crippen LogP contribution in [0.3, 0.4) is 0 Å². The van der Waals surface area contributed by atoms with Crippen LogP contribution in [0.4, 0.5) is 34.1 Å². The first-order chi connectivity index (χ1) is 34.1. The molecule has 0 spiro atoms. The van der Waals surface area contributed by atoms with E-state index in [1.807, 2.05) is 0 Å². The van der Waals surface area contributed by atoms with E-state index >= 15 is 0 Å². The third kappa shape index (κ3) is 5.44. The minimum absolute atomic E-state index is 0.882. The number of aryl methyl sites for hydroxylation is 1. The van der Waals surface area contributed by atoms with Gasteiger partial charge in [-0.1, -0.05) is 12.1 Å². The Labute approximate surface area is 404 Å². The summed E-state index contributed by atoms with van der Waals surface area (Å²) in [6, 6.07) is 75.3. The molecule has 13 aromatic rings. The molecule has 3 aliphatic heterocycles. The second-order valence-electron chi connectivity index (χ2n) is 18.6. The molecular formula is C63H37BiN2O3. The molecule has 11 aromatic carbocycles. The molecule has 0 unspecified atom stereocenters. The fourth-order valence-electron chi connectivity index (χ4n) is 11.5. The Morgan fingerprint density at radius 1 is 0.333 bits per heavy atom. The number of nitrogens with zero attached hydrogens (tertiary/aromatic N) is 2. The van der Waals surface area contributed by atoms with E-state index in [9.17, 15) is 0 Å². The molecule has 5 heterocycles. The van der Waals surface area contributed by atoms with E-state index in [1.54, 1.807) is 0 Å². The summed E-state index contributed by atoms with van der Waals surface area (Å²) in [5.74, 6) is 1.90. The summed E-state index contributed by atoms with van der Waals surface area (Å²) in [6.07, 6.45) is 0. The minimum atomic E-state index is -3.20. The summed E-state index contributed by atoms with van der Waals surface area (Å²) >= 11 is -3.20. The average molecular weight is 1080 g/mol. The van der Waals surface area contributed by atoms with Crippen molar-refractivity contribution in [1.82, 2.24) is 0 Å². The van der Waals surface area contributed by atoms with Gasteiger partial charge in [-0.25, -0.2) is 0 Å². The Bertz CT molecular complexity index is 4110. The van der Waals surface area contributed by atoms with Crippen LogP contribution in [0.15, 0.2) is 215 Å². The van der Waals surface area contributed by atoms with E-state index in [0.29, 0.717) is 0 Å². The summed E-state index contributed by atoms with van der Waals surface area (Å²) in [4.78, 5) is 5.03. The van der Waals surface area contributed by atoms with Crippen molar-refractivity contribution >= 4 is 131 Å². The maximum absolute atomic E-state index is 7.51. The molecule has 0 fully saturated rings. The van der Waals surface area contributed by atoms with Crippen LogP contribution in [-0.4, -0.2) is 21.8 Å². The third-order valence-electron chi connectivity index (χ3n) is 14.5. The Hall–Kier alpha value is -8.18. The second kappa shape index (κ2) is 13.9. The molecule has 0 saturated heterocycles. The van der Waals surface area contributed by atoms with E-state index in [4.69, 9.17) is 13.6 Å². The molecule has 0 atom stereocenters. The molecule has 0 bridgehead atoms. The first-order valence-corrected chi connectivity index (χ1v) is 28.7. The first kappa shape index (κ1) is 37.9. The van der Waals surface area contributed by atoms with Crippen molar-refractivity contribution in [2.24, 2.45) is 0 Å².